The molecule has 0 fully saturated rings. The maximum atomic E-state index is 11.8. The van der Waals surface area contributed by atoms with Crippen molar-refractivity contribution in [2.24, 2.45) is 0 Å². The highest BCUT2D eigenvalue weighted by molar-refractivity contribution is 7.89. The fraction of sp³-hybridized carbons (Fsp3) is 0.400. The minimum atomic E-state index is -3.48. The van der Waals surface area contributed by atoms with Gasteiger partial charge in [0, 0.05) is 18.8 Å². The van der Waals surface area contributed by atoms with E-state index in [9.17, 15) is 8.42 Å². The molecule has 16 heavy (non-hydrogen) atoms. The van der Waals surface area contributed by atoms with E-state index in [0.29, 0.717) is 12.3 Å². The molecule has 1 unspecified atom stereocenters. The highest BCUT2D eigenvalue weighted by Gasteiger charge is 2.16. The molecule has 1 atom stereocenters. The molecule has 0 aliphatic heterocycles. The number of anilines is 1. The van der Waals surface area contributed by atoms with E-state index < -0.39 is 10.0 Å². The molecule has 0 aliphatic carbocycles. The molecular weight excluding hydrogens is 228 g/mol. The van der Waals surface area contributed by atoms with Crippen LogP contribution in [0.15, 0.2) is 29.2 Å². The zero-order chi connectivity index (χ0) is 12.2. The Labute approximate surface area is 95.7 Å². The summed E-state index contributed by atoms with van der Waals surface area (Å²) in [6, 6.07) is 5.77. The van der Waals surface area contributed by atoms with Gasteiger partial charge >= 0.3 is 0 Å². The molecule has 0 saturated carbocycles. The Bertz CT molecular complexity index is 428. The van der Waals surface area contributed by atoms with Gasteiger partial charge in [-0.2, -0.15) is 0 Å². The molecule has 1 aromatic rings. The topological polar surface area (TPSA) is 81.4 Å². The van der Waals surface area contributed by atoms with Crippen molar-refractivity contribution in [3.8, 4) is 0 Å². The average molecular weight is 244 g/mol. The molecule has 0 aromatic heterocycles. The number of hydrogen-bond donors (Lipinski definition) is 2. The number of nitrogens with two attached hydrogens (primary N) is 1. The second kappa shape index (κ2) is 5.29. The first-order chi connectivity index (χ1) is 7.45. The number of nitrogens with one attached hydrogen (secondary N) is 1. The number of ether oxygens (including phenoxy) is 1. The lowest BCUT2D eigenvalue weighted by Crippen LogP contribution is -2.35. The Hall–Kier alpha value is -1.11. The van der Waals surface area contributed by atoms with Gasteiger partial charge in [0.25, 0.3) is 0 Å². The number of nitrogen functional groups attached to an aromatic ring is 1. The summed E-state index contributed by atoms with van der Waals surface area (Å²) in [4.78, 5) is 0.199. The van der Waals surface area contributed by atoms with Gasteiger partial charge in [-0.25, -0.2) is 13.1 Å². The predicted octanol–water partition coefficient (Wildman–Crippen LogP) is 0.582. The van der Waals surface area contributed by atoms with Crippen molar-refractivity contribution in [2.75, 3.05) is 19.5 Å². The molecule has 0 saturated heterocycles. The van der Waals surface area contributed by atoms with Crippen LogP contribution in [0, 0.1) is 0 Å². The Morgan fingerprint density at radius 1 is 1.38 bits per heavy atom. The molecule has 0 heterocycles. The van der Waals surface area contributed by atoms with Crippen LogP contribution >= 0.6 is 0 Å². The first kappa shape index (κ1) is 13.0. The van der Waals surface area contributed by atoms with Crippen LogP contribution in [-0.4, -0.2) is 28.2 Å². The fourth-order valence-corrected chi connectivity index (χ4v) is 2.49. The van der Waals surface area contributed by atoms with E-state index in [0.717, 1.165) is 0 Å². The SMILES string of the molecule is COCC(C)NS(=O)(=O)c1ccc(N)cc1. The van der Waals surface area contributed by atoms with E-state index in [1.807, 2.05) is 0 Å². The molecule has 6 heteroatoms. The molecule has 0 aliphatic rings. The monoisotopic (exact) mass is 244 g/mol. The number of methoxy groups -OCH3 is 1. The van der Waals surface area contributed by atoms with Crippen molar-refractivity contribution < 1.29 is 13.2 Å². The number of hydrogen-bond acceptors (Lipinski definition) is 4. The summed E-state index contributed by atoms with van der Waals surface area (Å²) in [6.45, 7) is 2.06. The van der Waals surface area contributed by atoms with Crippen LogP contribution < -0.4 is 10.5 Å². The normalized spacial score (nSPS) is 13.6. The van der Waals surface area contributed by atoms with Crippen LogP contribution in [-0.2, 0) is 14.8 Å². The average Bonchev–Trinajstić information content (AvgIpc) is 2.17. The lowest BCUT2D eigenvalue weighted by molar-refractivity contribution is 0.180. The van der Waals surface area contributed by atoms with Gasteiger partial charge in [-0.1, -0.05) is 0 Å². The lowest BCUT2D eigenvalue weighted by Gasteiger charge is -2.13. The standard InChI is InChI=1S/C10H16N2O3S/c1-8(7-15-2)12-16(13,14)10-5-3-9(11)4-6-10/h3-6,8,12H,7,11H2,1-2H3. The first-order valence-corrected chi connectivity index (χ1v) is 6.31. The summed E-state index contributed by atoms with van der Waals surface area (Å²) in [5.74, 6) is 0. The Balaban J connectivity index is 2.82. The van der Waals surface area contributed by atoms with Gasteiger partial charge in [0.2, 0.25) is 10.0 Å². The molecule has 1 rings (SSSR count). The zero-order valence-corrected chi connectivity index (χ0v) is 10.1. The third-order valence-corrected chi connectivity index (χ3v) is 3.57. The summed E-state index contributed by atoms with van der Waals surface area (Å²) in [6.07, 6.45) is 0. The van der Waals surface area contributed by atoms with Gasteiger partial charge in [0.05, 0.1) is 11.5 Å². The van der Waals surface area contributed by atoms with Crippen LogP contribution in [0.5, 0.6) is 0 Å². The third kappa shape index (κ3) is 3.48. The van der Waals surface area contributed by atoms with E-state index in [1.165, 1.54) is 19.2 Å². The van der Waals surface area contributed by atoms with Crippen molar-refractivity contribution in [3.63, 3.8) is 0 Å². The number of rotatable bonds is 5. The highest BCUT2D eigenvalue weighted by Crippen LogP contribution is 2.11. The maximum absolute atomic E-state index is 11.8. The van der Waals surface area contributed by atoms with Crippen molar-refractivity contribution in [1.82, 2.24) is 4.72 Å². The number of benzene rings is 1. The Kier molecular flexibility index (Phi) is 4.28. The molecule has 3 N–H and O–H groups in total. The Morgan fingerprint density at radius 2 is 1.94 bits per heavy atom. The molecule has 0 spiro atoms. The third-order valence-electron chi connectivity index (χ3n) is 1.96. The summed E-state index contributed by atoms with van der Waals surface area (Å²) >= 11 is 0. The van der Waals surface area contributed by atoms with Gasteiger partial charge in [-0.3, -0.25) is 0 Å². The smallest absolute Gasteiger partial charge is 0.240 e. The van der Waals surface area contributed by atoms with Crippen LogP contribution in [0.3, 0.4) is 0 Å². The van der Waals surface area contributed by atoms with E-state index in [-0.39, 0.29) is 10.9 Å². The number of sulfonamides is 1. The van der Waals surface area contributed by atoms with E-state index in [2.05, 4.69) is 4.72 Å². The maximum Gasteiger partial charge on any atom is 0.240 e. The van der Waals surface area contributed by atoms with E-state index in [4.69, 9.17) is 10.5 Å². The predicted molar refractivity (Wildman–Crippen MR) is 62.5 cm³/mol. The van der Waals surface area contributed by atoms with Gasteiger partial charge in [-0.15, -0.1) is 0 Å². The first-order valence-electron chi connectivity index (χ1n) is 4.82. The van der Waals surface area contributed by atoms with E-state index >= 15 is 0 Å². The summed E-state index contributed by atoms with van der Waals surface area (Å²) in [7, 11) is -1.96. The van der Waals surface area contributed by atoms with Crippen molar-refractivity contribution in [3.05, 3.63) is 24.3 Å². The largest absolute Gasteiger partial charge is 0.399 e. The Morgan fingerprint density at radius 3 is 2.44 bits per heavy atom. The summed E-state index contributed by atoms with van der Waals surface area (Å²) < 4.78 is 31.0. The zero-order valence-electron chi connectivity index (χ0n) is 9.30. The van der Waals surface area contributed by atoms with Crippen LogP contribution in [0.1, 0.15) is 6.92 Å². The van der Waals surface area contributed by atoms with Gasteiger partial charge in [0.1, 0.15) is 0 Å². The summed E-state index contributed by atoms with van der Waals surface area (Å²) in [5.41, 5.74) is 6.02. The quantitative estimate of drug-likeness (QED) is 0.742. The second-order valence-electron chi connectivity index (χ2n) is 3.55. The molecule has 0 bridgehead atoms. The summed E-state index contributed by atoms with van der Waals surface area (Å²) in [5, 5.41) is 0. The minimum absolute atomic E-state index is 0.199. The molecule has 0 radical (unpaired) electrons. The van der Waals surface area contributed by atoms with E-state index in [1.54, 1.807) is 19.1 Å². The molecule has 90 valence electrons. The lowest BCUT2D eigenvalue weighted by atomic mass is 10.3. The van der Waals surface area contributed by atoms with Crippen LogP contribution in [0.25, 0.3) is 0 Å². The molecule has 0 amide bonds. The second-order valence-corrected chi connectivity index (χ2v) is 5.26. The van der Waals surface area contributed by atoms with Gasteiger partial charge in [0.15, 0.2) is 0 Å². The molecule has 5 nitrogen and oxygen atoms in total. The van der Waals surface area contributed by atoms with Crippen molar-refractivity contribution in [2.45, 2.75) is 17.9 Å². The van der Waals surface area contributed by atoms with Crippen molar-refractivity contribution >= 4 is 15.7 Å². The van der Waals surface area contributed by atoms with Gasteiger partial charge in [-0.05, 0) is 31.2 Å². The fourth-order valence-electron chi connectivity index (χ4n) is 1.26. The van der Waals surface area contributed by atoms with Crippen LogP contribution in [0.4, 0.5) is 5.69 Å². The van der Waals surface area contributed by atoms with Crippen molar-refractivity contribution in [1.29, 1.82) is 0 Å². The molecular formula is C10H16N2O3S. The van der Waals surface area contributed by atoms with Gasteiger partial charge < -0.3 is 10.5 Å². The minimum Gasteiger partial charge on any atom is -0.399 e. The molecule has 1 aromatic carbocycles. The highest BCUT2D eigenvalue weighted by atomic mass is 32.2. The van der Waals surface area contributed by atoms with Crippen LogP contribution in [0.2, 0.25) is 0 Å².